The largest absolute Gasteiger partial charge is 0.297 e. The lowest BCUT2D eigenvalue weighted by molar-refractivity contribution is -0.122. The van der Waals surface area contributed by atoms with E-state index in [1.165, 1.54) is 5.71 Å². The Morgan fingerprint density at radius 3 is 3.00 bits per heavy atom. The van der Waals surface area contributed by atoms with Crippen LogP contribution in [0.4, 0.5) is 0 Å². The lowest BCUT2D eigenvalue weighted by atomic mass is 9.87. The molecule has 2 aliphatic heterocycles. The van der Waals surface area contributed by atoms with Crippen LogP contribution in [0.15, 0.2) is 4.99 Å². The van der Waals surface area contributed by atoms with E-state index in [-0.39, 0.29) is 10.7 Å². The fourth-order valence-electron chi connectivity index (χ4n) is 2.40. The molecule has 1 saturated heterocycles. The molecule has 0 aromatic carbocycles. The van der Waals surface area contributed by atoms with Crippen LogP contribution in [0.1, 0.15) is 27.2 Å². The summed E-state index contributed by atoms with van der Waals surface area (Å²) in [5.41, 5.74) is 1.18. The average Bonchev–Trinajstić information content (AvgIpc) is 2.69. The number of thioether (sulfide) groups is 1. The number of nitrogens with zero attached hydrogens (tertiary/aromatic N) is 1. The van der Waals surface area contributed by atoms with Gasteiger partial charge in [-0.1, -0.05) is 13.8 Å². The normalized spacial score (nSPS) is 36.0. The van der Waals surface area contributed by atoms with Gasteiger partial charge in [0.15, 0.2) is 5.78 Å². The van der Waals surface area contributed by atoms with Gasteiger partial charge in [-0.25, -0.2) is 0 Å². The fourth-order valence-corrected chi connectivity index (χ4v) is 4.01. The summed E-state index contributed by atoms with van der Waals surface area (Å²) in [4.78, 5) is 16.6. The molecule has 0 unspecified atom stereocenters. The van der Waals surface area contributed by atoms with Crippen LogP contribution >= 0.6 is 11.8 Å². The Morgan fingerprint density at radius 1 is 1.64 bits per heavy atom. The van der Waals surface area contributed by atoms with Crippen LogP contribution in [0.25, 0.3) is 0 Å². The summed E-state index contributed by atoms with van der Waals surface area (Å²) in [5.74, 6) is 2.15. The van der Waals surface area contributed by atoms with E-state index in [0.29, 0.717) is 11.7 Å². The Hall–Kier alpha value is -0.310. The van der Waals surface area contributed by atoms with Crippen LogP contribution in [-0.4, -0.2) is 28.5 Å². The van der Waals surface area contributed by atoms with E-state index in [0.717, 1.165) is 18.7 Å². The molecule has 0 amide bonds. The van der Waals surface area contributed by atoms with E-state index < -0.39 is 0 Å². The van der Waals surface area contributed by atoms with Crippen molar-refractivity contribution < 1.29 is 4.79 Å². The quantitative estimate of drug-likeness (QED) is 0.700. The Balaban J connectivity index is 2.28. The highest BCUT2D eigenvalue weighted by Crippen LogP contribution is 2.44. The molecule has 14 heavy (non-hydrogen) atoms. The number of ketones is 1. The third-order valence-corrected chi connectivity index (χ3v) is 4.76. The molecule has 0 bridgehead atoms. The molecule has 78 valence electrons. The molecule has 0 aromatic rings. The van der Waals surface area contributed by atoms with E-state index in [2.05, 4.69) is 11.9 Å². The van der Waals surface area contributed by atoms with Gasteiger partial charge in [-0.05, 0) is 13.3 Å². The highest BCUT2D eigenvalue weighted by Gasteiger charge is 2.49. The van der Waals surface area contributed by atoms with Gasteiger partial charge < -0.3 is 0 Å². The van der Waals surface area contributed by atoms with Gasteiger partial charge in [-0.2, -0.15) is 0 Å². The standard InChI is InChI=1S/C11H17NOS/c1-7(2)10(13)11(3)9-8(6-14-11)4-5-12-9/h7-8H,4-6H2,1-3H3/t8-,11+/m1/s1. The Morgan fingerprint density at radius 2 is 2.36 bits per heavy atom. The molecule has 3 heteroatoms. The molecule has 0 aromatic heterocycles. The van der Waals surface area contributed by atoms with Gasteiger partial charge in [0.1, 0.15) is 4.75 Å². The maximum absolute atomic E-state index is 12.1. The van der Waals surface area contributed by atoms with Gasteiger partial charge in [0.05, 0.1) is 0 Å². The Kier molecular flexibility index (Phi) is 2.46. The zero-order valence-corrected chi connectivity index (χ0v) is 9.86. The maximum atomic E-state index is 12.1. The third kappa shape index (κ3) is 1.33. The summed E-state index contributed by atoms with van der Waals surface area (Å²) in [6, 6.07) is 0. The molecule has 0 radical (unpaired) electrons. The summed E-state index contributed by atoms with van der Waals surface area (Å²) >= 11 is 1.79. The fraction of sp³-hybridized carbons (Fsp3) is 0.818. The molecule has 2 heterocycles. The number of hydrogen-bond donors (Lipinski definition) is 0. The van der Waals surface area contributed by atoms with Crippen molar-refractivity contribution in [3.05, 3.63) is 0 Å². The Bertz CT molecular complexity index is 298. The van der Waals surface area contributed by atoms with Crippen molar-refractivity contribution in [3.63, 3.8) is 0 Å². The van der Waals surface area contributed by atoms with Gasteiger partial charge in [-0.3, -0.25) is 9.79 Å². The van der Waals surface area contributed by atoms with Crippen LogP contribution in [0.2, 0.25) is 0 Å². The van der Waals surface area contributed by atoms with Gasteiger partial charge in [0.25, 0.3) is 0 Å². The predicted molar refractivity (Wildman–Crippen MR) is 61.1 cm³/mol. The second-order valence-electron chi connectivity index (χ2n) is 4.62. The van der Waals surface area contributed by atoms with E-state index in [1.54, 1.807) is 11.8 Å². The highest BCUT2D eigenvalue weighted by atomic mass is 32.2. The molecular weight excluding hydrogens is 194 g/mol. The molecule has 0 saturated carbocycles. The first-order valence-corrected chi connectivity index (χ1v) is 6.27. The molecule has 0 spiro atoms. The van der Waals surface area contributed by atoms with Crippen molar-refractivity contribution in [2.24, 2.45) is 16.8 Å². The molecule has 2 aliphatic rings. The number of carbonyl (C=O) groups excluding carboxylic acids is 1. The first-order chi connectivity index (χ1) is 6.55. The minimum atomic E-state index is -0.296. The highest BCUT2D eigenvalue weighted by molar-refractivity contribution is 8.02. The lowest BCUT2D eigenvalue weighted by Crippen LogP contribution is -2.40. The topological polar surface area (TPSA) is 29.4 Å². The molecule has 2 nitrogen and oxygen atoms in total. The Labute approximate surface area is 89.6 Å². The van der Waals surface area contributed by atoms with Crippen molar-refractivity contribution in [3.8, 4) is 0 Å². The zero-order chi connectivity index (χ0) is 10.3. The molecule has 0 N–H and O–H groups in total. The van der Waals surface area contributed by atoms with Crippen molar-refractivity contribution in [1.29, 1.82) is 0 Å². The lowest BCUT2D eigenvalue weighted by Gasteiger charge is -2.24. The average molecular weight is 211 g/mol. The van der Waals surface area contributed by atoms with Crippen molar-refractivity contribution in [2.45, 2.75) is 31.9 Å². The molecule has 2 atom stereocenters. The summed E-state index contributed by atoms with van der Waals surface area (Å²) in [6.07, 6.45) is 1.16. The van der Waals surface area contributed by atoms with Crippen LogP contribution < -0.4 is 0 Å². The SMILES string of the molecule is CC(C)C(=O)[C@@]1(C)SC[C@H]2CCN=C21. The number of carbonyl (C=O) groups is 1. The predicted octanol–water partition coefficient (Wildman–Crippen LogP) is 2.18. The smallest absolute Gasteiger partial charge is 0.156 e. The number of Topliss-reactive ketones (excluding diaryl/α,β-unsaturated/α-hetero) is 1. The van der Waals surface area contributed by atoms with E-state index >= 15 is 0 Å². The summed E-state index contributed by atoms with van der Waals surface area (Å²) < 4.78 is -0.296. The first kappa shape index (κ1) is 10.2. The number of aliphatic imine (C=N–C) groups is 1. The van der Waals surface area contributed by atoms with Crippen LogP contribution in [-0.2, 0) is 4.79 Å². The molecule has 0 aliphatic carbocycles. The van der Waals surface area contributed by atoms with Crippen LogP contribution in [0.5, 0.6) is 0 Å². The second kappa shape index (κ2) is 3.37. The number of fused-ring (bicyclic) bond motifs is 1. The van der Waals surface area contributed by atoms with Gasteiger partial charge in [-0.15, -0.1) is 11.8 Å². The number of hydrogen-bond acceptors (Lipinski definition) is 3. The second-order valence-corrected chi connectivity index (χ2v) is 6.05. The van der Waals surface area contributed by atoms with E-state index in [9.17, 15) is 4.79 Å². The van der Waals surface area contributed by atoms with Crippen molar-refractivity contribution in [2.75, 3.05) is 12.3 Å². The number of rotatable bonds is 2. The minimum absolute atomic E-state index is 0.120. The van der Waals surface area contributed by atoms with Crippen LogP contribution in [0, 0.1) is 11.8 Å². The van der Waals surface area contributed by atoms with Crippen molar-refractivity contribution in [1.82, 2.24) is 0 Å². The van der Waals surface area contributed by atoms with Gasteiger partial charge in [0.2, 0.25) is 0 Å². The monoisotopic (exact) mass is 211 g/mol. The molecular formula is C11H17NOS. The minimum Gasteiger partial charge on any atom is -0.297 e. The summed E-state index contributed by atoms with van der Waals surface area (Å²) in [6.45, 7) is 6.96. The van der Waals surface area contributed by atoms with Crippen molar-refractivity contribution >= 4 is 23.3 Å². The van der Waals surface area contributed by atoms with E-state index in [4.69, 9.17) is 0 Å². The van der Waals surface area contributed by atoms with Gasteiger partial charge in [0, 0.05) is 29.8 Å². The third-order valence-electron chi connectivity index (χ3n) is 3.20. The maximum Gasteiger partial charge on any atom is 0.156 e. The summed E-state index contributed by atoms with van der Waals surface area (Å²) in [7, 11) is 0. The first-order valence-electron chi connectivity index (χ1n) is 5.29. The van der Waals surface area contributed by atoms with Crippen LogP contribution in [0.3, 0.4) is 0 Å². The molecule has 2 rings (SSSR count). The van der Waals surface area contributed by atoms with E-state index in [1.807, 2.05) is 13.8 Å². The zero-order valence-electron chi connectivity index (χ0n) is 9.04. The van der Waals surface area contributed by atoms with Gasteiger partial charge >= 0.3 is 0 Å². The summed E-state index contributed by atoms with van der Waals surface area (Å²) in [5, 5.41) is 0. The molecule has 1 fully saturated rings.